The molecule has 2 rings (SSSR count). The van der Waals surface area contributed by atoms with Crippen LogP contribution >= 0.6 is 12.6 Å². The van der Waals surface area contributed by atoms with Gasteiger partial charge in [0.1, 0.15) is 0 Å². The fourth-order valence-electron chi connectivity index (χ4n) is 2.45. The highest BCUT2D eigenvalue weighted by atomic mass is 32.1. The van der Waals surface area contributed by atoms with E-state index in [2.05, 4.69) is 36.9 Å². The molecule has 0 saturated heterocycles. The zero-order valence-electron chi connectivity index (χ0n) is 14.0. The van der Waals surface area contributed by atoms with Gasteiger partial charge in [-0.05, 0) is 43.5 Å². The van der Waals surface area contributed by atoms with Gasteiger partial charge in [0.25, 0.3) is 0 Å². The highest BCUT2D eigenvalue weighted by Gasteiger charge is 2.12. The molecule has 2 aromatic carbocycles. The molecule has 126 valence electrons. The molecule has 0 atom stereocenters. The standard InChI is InChI=1S/C20H22O3S/c1-3-23-20(22)6-4-5-18(21)17-12-11-16(13-19(17)24)15-9-7-14(2)8-10-15/h7-13,24H,3-6H2,1-2H3. The summed E-state index contributed by atoms with van der Waals surface area (Å²) in [6.07, 6.45) is 1.07. The molecular formula is C20H22O3S. The van der Waals surface area contributed by atoms with E-state index in [9.17, 15) is 9.59 Å². The summed E-state index contributed by atoms with van der Waals surface area (Å²) in [5, 5.41) is 0. The number of aryl methyl sites for hydroxylation is 1. The summed E-state index contributed by atoms with van der Waals surface area (Å²) in [6, 6.07) is 13.9. The number of ether oxygens (including phenoxy) is 1. The van der Waals surface area contributed by atoms with Crippen molar-refractivity contribution in [2.45, 2.75) is 38.0 Å². The largest absolute Gasteiger partial charge is 0.466 e. The van der Waals surface area contributed by atoms with Gasteiger partial charge >= 0.3 is 5.97 Å². The molecule has 2 aromatic rings. The highest BCUT2D eigenvalue weighted by Crippen LogP contribution is 2.26. The van der Waals surface area contributed by atoms with Crippen LogP contribution in [0.1, 0.15) is 42.1 Å². The van der Waals surface area contributed by atoms with Crippen molar-refractivity contribution >= 4 is 24.4 Å². The smallest absolute Gasteiger partial charge is 0.305 e. The Bertz CT molecular complexity index is 720. The lowest BCUT2D eigenvalue weighted by molar-refractivity contribution is -0.143. The average Bonchev–Trinajstić information content (AvgIpc) is 2.55. The summed E-state index contributed by atoms with van der Waals surface area (Å²) in [5.74, 6) is -0.258. The van der Waals surface area contributed by atoms with Crippen LogP contribution in [0.15, 0.2) is 47.4 Å². The van der Waals surface area contributed by atoms with Crippen LogP contribution in [0.5, 0.6) is 0 Å². The van der Waals surface area contributed by atoms with Crippen LogP contribution < -0.4 is 0 Å². The molecule has 4 heteroatoms. The van der Waals surface area contributed by atoms with Crippen LogP contribution in [0.4, 0.5) is 0 Å². The molecule has 0 unspecified atom stereocenters. The molecule has 0 aliphatic rings. The average molecular weight is 342 g/mol. The maximum Gasteiger partial charge on any atom is 0.305 e. The van der Waals surface area contributed by atoms with Crippen LogP contribution in [0.2, 0.25) is 0 Å². The van der Waals surface area contributed by atoms with Gasteiger partial charge in [-0.25, -0.2) is 0 Å². The summed E-state index contributed by atoms with van der Waals surface area (Å²) in [4.78, 5) is 24.3. The van der Waals surface area contributed by atoms with E-state index in [0.29, 0.717) is 29.9 Å². The fraction of sp³-hybridized carbons (Fsp3) is 0.300. The molecule has 0 amide bonds. The lowest BCUT2D eigenvalue weighted by Crippen LogP contribution is -2.06. The first-order chi connectivity index (χ1) is 11.5. The van der Waals surface area contributed by atoms with Crippen LogP contribution in [0.3, 0.4) is 0 Å². The number of thiol groups is 1. The van der Waals surface area contributed by atoms with Gasteiger partial charge in [-0.2, -0.15) is 0 Å². The lowest BCUT2D eigenvalue weighted by atomic mass is 9.99. The summed E-state index contributed by atoms with van der Waals surface area (Å²) < 4.78 is 4.86. The van der Waals surface area contributed by atoms with Crippen LogP contribution in [0.25, 0.3) is 11.1 Å². The Labute approximate surface area is 148 Å². The molecule has 0 spiro atoms. The number of benzene rings is 2. The first-order valence-electron chi connectivity index (χ1n) is 8.10. The van der Waals surface area contributed by atoms with Crippen molar-refractivity contribution in [3.63, 3.8) is 0 Å². The van der Waals surface area contributed by atoms with Gasteiger partial charge in [0.2, 0.25) is 0 Å². The highest BCUT2D eigenvalue weighted by molar-refractivity contribution is 7.80. The Kier molecular flexibility index (Phi) is 6.62. The van der Waals surface area contributed by atoms with Gasteiger partial charge in [0.05, 0.1) is 6.61 Å². The second kappa shape index (κ2) is 8.69. The lowest BCUT2D eigenvalue weighted by Gasteiger charge is -2.08. The second-order valence-corrected chi connectivity index (χ2v) is 6.16. The maximum absolute atomic E-state index is 12.3. The van der Waals surface area contributed by atoms with Gasteiger partial charge in [-0.3, -0.25) is 9.59 Å². The van der Waals surface area contributed by atoms with Crippen molar-refractivity contribution in [3.05, 3.63) is 53.6 Å². The molecule has 0 bridgehead atoms. The van der Waals surface area contributed by atoms with E-state index in [4.69, 9.17) is 4.74 Å². The number of Topliss-reactive ketones (excluding diaryl/α,β-unsaturated/α-hetero) is 1. The Morgan fingerprint density at radius 1 is 1.00 bits per heavy atom. The number of carbonyl (C=O) groups is 2. The first kappa shape index (κ1) is 18.3. The minimum absolute atomic E-state index is 0.000227. The van der Waals surface area contributed by atoms with Gasteiger partial charge in [-0.1, -0.05) is 35.9 Å². The van der Waals surface area contributed by atoms with Gasteiger partial charge < -0.3 is 4.74 Å². The molecule has 0 aliphatic heterocycles. The summed E-state index contributed by atoms with van der Waals surface area (Å²) in [6.45, 7) is 4.19. The zero-order chi connectivity index (χ0) is 17.5. The molecule has 0 saturated carbocycles. The van der Waals surface area contributed by atoms with Gasteiger partial charge in [0, 0.05) is 23.3 Å². The second-order valence-electron chi connectivity index (χ2n) is 5.68. The molecule has 0 aliphatic carbocycles. The molecule has 0 aromatic heterocycles. The van der Waals surface area contributed by atoms with Crippen LogP contribution in [-0.4, -0.2) is 18.4 Å². The topological polar surface area (TPSA) is 43.4 Å². The minimum atomic E-state index is -0.258. The SMILES string of the molecule is CCOC(=O)CCCC(=O)c1ccc(-c2ccc(C)cc2)cc1S. The number of carbonyl (C=O) groups excluding carboxylic acids is 2. The molecule has 0 fully saturated rings. The summed E-state index contributed by atoms with van der Waals surface area (Å²) >= 11 is 4.46. The molecule has 0 heterocycles. The Hall–Kier alpha value is -2.07. The Balaban J connectivity index is 2.02. The van der Waals surface area contributed by atoms with Gasteiger partial charge in [-0.15, -0.1) is 12.6 Å². The van der Waals surface area contributed by atoms with Crippen molar-refractivity contribution < 1.29 is 14.3 Å². The fourth-order valence-corrected chi connectivity index (χ4v) is 2.79. The van der Waals surface area contributed by atoms with Crippen molar-refractivity contribution in [1.29, 1.82) is 0 Å². The Morgan fingerprint density at radius 2 is 1.67 bits per heavy atom. The van der Waals surface area contributed by atoms with E-state index in [1.165, 1.54) is 5.56 Å². The first-order valence-corrected chi connectivity index (χ1v) is 8.55. The minimum Gasteiger partial charge on any atom is -0.466 e. The normalized spacial score (nSPS) is 10.5. The van der Waals surface area contributed by atoms with E-state index in [1.54, 1.807) is 6.92 Å². The van der Waals surface area contributed by atoms with E-state index < -0.39 is 0 Å². The van der Waals surface area contributed by atoms with Crippen LogP contribution in [-0.2, 0) is 9.53 Å². The molecule has 3 nitrogen and oxygen atoms in total. The number of esters is 1. The van der Waals surface area contributed by atoms with E-state index in [-0.39, 0.29) is 18.2 Å². The molecule has 24 heavy (non-hydrogen) atoms. The predicted octanol–water partition coefficient (Wildman–Crippen LogP) is 4.87. The monoisotopic (exact) mass is 342 g/mol. The molecule has 0 radical (unpaired) electrons. The quantitative estimate of drug-likeness (QED) is 0.444. The van der Waals surface area contributed by atoms with Crippen molar-refractivity contribution in [1.82, 2.24) is 0 Å². The maximum atomic E-state index is 12.3. The van der Waals surface area contributed by atoms with E-state index in [0.717, 1.165) is 11.1 Å². The van der Waals surface area contributed by atoms with E-state index >= 15 is 0 Å². The Morgan fingerprint density at radius 3 is 2.29 bits per heavy atom. The number of ketones is 1. The number of rotatable bonds is 7. The predicted molar refractivity (Wildman–Crippen MR) is 98.7 cm³/mol. The van der Waals surface area contributed by atoms with Crippen molar-refractivity contribution in [3.8, 4) is 11.1 Å². The third-order valence-corrected chi connectivity index (χ3v) is 4.14. The van der Waals surface area contributed by atoms with Gasteiger partial charge in [0.15, 0.2) is 5.78 Å². The molecule has 0 N–H and O–H groups in total. The van der Waals surface area contributed by atoms with Crippen molar-refractivity contribution in [2.75, 3.05) is 6.61 Å². The third-order valence-electron chi connectivity index (χ3n) is 3.77. The third kappa shape index (κ3) is 4.96. The van der Waals surface area contributed by atoms with Crippen molar-refractivity contribution in [2.24, 2.45) is 0 Å². The van der Waals surface area contributed by atoms with E-state index in [1.807, 2.05) is 25.1 Å². The summed E-state index contributed by atoms with van der Waals surface area (Å²) in [7, 11) is 0. The zero-order valence-corrected chi connectivity index (χ0v) is 14.9. The summed E-state index contributed by atoms with van der Waals surface area (Å²) in [5.41, 5.74) is 3.93. The number of hydrogen-bond acceptors (Lipinski definition) is 4. The van der Waals surface area contributed by atoms with Crippen LogP contribution in [0, 0.1) is 6.92 Å². The number of hydrogen-bond donors (Lipinski definition) is 1. The molecular weight excluding hydrogens is 320 g/mol.